The molecule has 0 aliphatic rings. The van der Waals surface area contributed by atoms with Crippen LogP contribution in [0.5, 0.6) is 0 Å². The van der Waals surface area contributed by atoms with E-state index in [1.54, 1.807) is 6.20 Å². The maximum Gasteiger partial charge on any atom is 0.167 e. The van der Waals surface area contributed by atoms with Crippen LogP contribution in [0.2, 0.25) is 0 Å². The first kappa shape index (κ1) is 22.9. The average Bonchev–Trinajstić information content (AvgIpc) is 3.62. The largest absolute Gasteiger partial charge is 0.456 e. The van der Waals surface area contributed by atoms with Crippen molar-refractivity contribution in [2.45, 2.75) is 0 Å². The summed E-state index contributed by atoms with van der Waals surface area (Å²) in [5, 5.41) is 5.07. The van der Waals surface area contributed by atoms with Gasteiger partial charge in [0.15, 0.2) is 17.5 Å². The van der Waals surface area contributed by atoms with Gasteiger partial charge in [0.05, 0.1) is 11.1 Å². The minimum Gasteiger partial charge on any atom is -0.456 e. The Bertz CT molecular complexity index is 2480. The lowest BCUT2D eigenvalue weighted by Crippen LogP contribution is -2.00. The van der Waals surface area contributed by atoms with Crippen LogP contribution in [0.4, 0.5) is 0 Å². The normalized spacial score (nSPS) is 11.8. The van der Waals surface area contributed by atoms with E-state index in [4.69, 9.17) is 23.8 Å². The molecule has 6 nitrogen and oxygen atoms in total. The van der Waals surface area contributed by atoms with Gasteiger partial charge in [0, 0.05) is 50.3 Å². The summed E-state index contributed by atoms with van der Waals surface area (Å²) in [6.45, 7) is 0. The van der Waals surface area contributed by atoms with Crippen LogP contribution in [0.1, 0.15) is 0 Å². The zero-order valence-corrected chi connectivity index (χ0v) is 22.2. The van der Waals surface area contributed by atoms with E-state index >= 15 is 0 Å². The van der Waals surface area contributed by atoms with E-state index in [1.807, 2.05) is 91.0 Å². The number of hydrogen-bond donors (Lipinski definition) is 0. The zero-order chi connectivity index (χ0) is 27.6. The van der Waals surface area contributed by atoms with E-state index in [9.17, 15) is 0 Å². The third-order valence-corrected chi connectivity index (χ3v) is 7.77. The van der Waals surface area contributed by atoms with Gasteiger partial charge in [-0.3, -0.25) is 4.98 Å². The molecule has 0 aliphatic carbocycles. The van der Waals surface area contributed by atoms with Crippen molar-refractivity contribution >= 4 is 54.8 Å². The quantitative estimate of drug-likeness (QED) is 0.222. The van der Waals surface area contributed by atoms with Crippen LogP contribution >= 0.6 is 0 Å². The summed E-state index contributed by atoms with van der Waals surface area (Å²) >= 11 is 0. The summed E-state index contributed by atoms with van der Waals surface area (Å²) in [4.78, 5) is 19.6. The number of aromatic nitrogens is 4. The maximum atomic E-state index is 6.36. The summed E-state index contributed by atoms with van der Waals surface area (Å²) < 4.78 is 12.7. The monoisotopic (exact) mass is 540 g/mol. The van der Waals surface area contributed by atoms with E-state index < -0.39 is 0 Å². The van der Waals surface area contributed by atoms with E-state index in [0.29, 0.717) is 17.5 Å². The van der Waals surface area contributed by atoms with Gasteiger partial charge in [-0.25, -0.2) is 15.0 Å². The van der Waals surface area contributed by atoms with Gasteiger partial charge in [0.2, 0.25) is 0 Å². The lowest BCUT2D eigenvalue weighted by Gasteiger charge is -2.09. The van der Waals surface area contributed by atoms with Gasteiger partial charge in [-0.1, -0.05) is 78.9 Å². The molecule has 0 atom stereocenters. The van der Waals surface area contributed by atoms with Gasteiger partial charge in [0.25, 0.3) is 0 Å². The van der Waals surface area contributed by atoms with Crippen LogP contribution in [0.15, 0.2) is 130 Å². The molecule has 4 heterocycles. The summed E-state index contributed by atoms with van der Waals surface area (Å²) in [7, 11) is 0. The molecular formula is C36H20N4O2. The molecule has 0 saturated carbocycles. The highest BCUT2D eigenvalue weighted by Gasteiger charge is 2.20. The van der Waals surface area contributed by atoms with Crippen molar-refractivity contribution in [3.63, 3.8) is 0 Å². The molecule has 0 saturated heterocycles. The van der Waals surface area contributed by atoms with Crippen molar-refractivity contribution in [2.24, 2.45) is 0 Å². The second kappa shape index (κ2) is 8.81. The first-order valence-electron chi connectivity index (χ1n) is 13.7. The topological polar surface area (TPSA) is 77.8 Å². The number of para-hydroxylation sites is 2. The van der Waals surface area contributed by atoms with Gasteiger partial charge in [-0.05, 0) is 30.3 Å². The Morgan fingerprint density at radius 1 is 0.476 bits per heavy atom. The predicted octanol–water partition coefficient (Wildman–Crippen LogP) is 9.22. The molecule has 0 spiro atoms. The van der Waals surface area contributed by atoms with Crippen LogP contribution < -0.4 is 0 Å². The molecule has 196 valence electrons. The lowest BCUT2D eigenvalue weighted by atomic mass is 10.0. The van der Waals surface area contributed by atoms with Crippen molar-refractivity contribution < 1.29 is 8.83 Å². The van der Waals surface area contributed by atoms with E-state index in [2.05, 4.69) is 29.2 Å². The second-order valence-electron chi connectivity index (χ2n) is 10.3. The molecular weight excluding hydrogens is 520 g/mol. The minimum absolute atomic E-state index is 0.544. The number of nitrogens with zero attached hydrogens (tertiary/aromatic N) is 4. The number of furan rings is 2. The average molecular weight is 541 g/mol. The summed E-state index contributed by atoms with van der Waals surface area (Å²) in [5.41, 5.74) is 6.58. The molecule has 42 heavy (non-hydrogen) atoms. The molecule has 0 N–H and O–H groups in total. The lowest BCUT2D eigenvalue weighted by molar-refractivity contribution is 0.669. The molecule has 0 unspecified atom stereocenters. The number of rotatable bonds is 3. The van der Waals surface area contributed by atoms with Crippen molar-refractivity contribution in [2.75, 3.05) is 0 Å². The van der Waals surface area contributed by atoms with Gasteiger partial charge in [-0.2, -0.15) is 0 Å². The third-order valence-electron chi connectivity index (χ3n) is 7.77. The SMILES string of the molecule is c1ccc(-c2nc(-c3cccc4c3oc3ccccc34)nc(-c3cccc4oc5cc6ncccc6cc5c34)n2)cc1. The Kier molecular flexibility index (Phi) is 4.80. The van der Waals surface area contributed by atoms with Crippen LogP contribution in [-0.4, -0.2) is 19.9 Å². The third kappa shape index (κ3) is 3.45. The molecule has 0 bridgehead atoms. The van der Waals surface area contributed by atoms with E-state index in [-0.39, 0.29) is 0 Å². The highest BCUT2D eigenvalue weighted by molar-refractivity contribution is 6.15. The molecule has 9 rings (SSSR count). The van der Waals surface area contributed by atoms with Crippen molar-refractivity contribution in [1.29, 1.82) is 0 Å². The molecule has 9 aromatic rings. The summed E-state index contributed by atoms with van der Waals surface area (Å²) in [5.74, 6) is 1.69. The zero-order valence-electron chi connectivity index (χ0n) is 22.2. The first-order chi connectivity index (χ1) is 20.8. The van der Waals surface area contributed by atoms with Gasteiger partial charge >= 0.3 is 0 Å². The standard InChI is InChI=1S/C36H20N4O2/c1-2-9-21(10-3-1)34-38-35(40-36(39-34)26-15-6-13-24-23-12-4-5-16-29(23)42-33(24)26)25-14-7-17-30-32(25)27-19-22-11-8-18-37-28(22)20-31(27)41-30/h1-20H. The molecule has 5 aromatic carbocycles. The fourth-order valence-electron chi connectivity index (χ4n) is 5.84. The second-order valence-corrected chi connectivity index (χ2v) is 10.3. The Morgan fingerprint density at radius 3 is 2.14 bits per heavy atom. The van der Waals surface area contributed by atoms with Crippen LogP contribution in [-0.2, 0) is 0 Å². The highest BCUT2D eigenvalue weighted by Crippen LogP contribution is 2.39. The highest BCUT2D eigenvalue weighted by atomic mass is 16.3. The van der Waals surface area contributed by atoms with E-state index in [0.717, 1.165) is 71.5 Å². The fourth-order valence-corrected chi connectivity index (χ4v) is 5.84. The molecule has 4 aromatic heterocycles. The van der Waals surface area contributed by atoms with Crippen LogP contribution in [0, 0.1) is 0 Å². The predicted molar refractivity (Wildman–Crippen MR) is 166 cm³/mol. The maximum absolute atomic E-state index is 6.36. The van der Waals surface area contributed by atoms with Crippen LogP contribution in [0.3, 0.4) is 0 Å². The molecule has 0 radical (unpaired) electrons. The molecule has 0 amide bonds. The number of pyridine rings is 1. The minimum atomic E-state index is 0.544. The Labute approximate surface area is 238 Å². The van der Waals surface area contributed by atoms with Gasteiger partial charge in [0.1, 0.15) is 22.3 Å². The molecule has 0 aliphatic heterocycles. The van der Waals surface area contributed by atoms with Crippen molar-refractivity contribution in [1.82, 2.24) is 19.9 Å². The number of hydrogen-bond acceptors (Lipinski definition) is 6. The number of fused-ring (bicyclic) bond motifs is 7. The number of benzene rings is 5. The fraction of sp³-hybridized carbons (Fsp3) is 0. The Balaban J connectivity index is 1.35. The first-order valence-corrected chi connectivity index (χ1v) is 13.7. The molecule has 0 fully saturated rings. The summed E-state index contributed by atoms with van der Waals surface area (Å²) in [6, 6.07) is 38.3. The van der Waals surface area contributed by atoms with Gasteiger partial charge in [-0.15, -0.1) is 0 Å². The van der Waals surface area contributed by atoms with Crippen molar-refractivity contribution in [3.05, 3.63) is 121 Å². The van der Waals surface area contributed by atoms with Crippen LogP contribution in [0.25, 0.3) is 88.9 Å². The Morgan fingerprint density at radius 2 is 1.21 bits per heavy atom. The Hall–Kier alpha value is -5.88. The summed E-state index contributed by atoms with van der Waals surface area (Å²) in [6.07, 6.45) is 1.79. The molecule has 6 heteroatoms. The smallest absolute Gasteiger partial charge is 0.167 e. The van der Waals surface area contributed by atoms with Gasteiger partial charge < -0.3 is 8.83 Å². The van der Waals surface area contributed by atoms with Crippen molar-refractivity contribution in [3.8, 4) is 34.2 Å². The van der Waals surface area contributed by atoms with E-state index in [1.165, 1.54) is 0 Å².